The molecule has 0 spiro atoms. The van der Waals surface area contributed by atoms with E-state index in [0.717, 1.165) is 17.0 Å². The van der Waals surface area contributed by atoms with E-state index in [2.05, 4.69) is 21.6 Å². The Bertz CT molecular complexity index is 779. The summed E-state index contributed by atoms with van der Waals surface area (Å²) in [6.07, 6.45) is 0. The van der Waals surface area contributed by atoms with Crippen LogP contribution in [0.5, 0.6) is 0 Å². The van der Waals surface area contributed by atoms with E-state index < -0.39 is 0 Å². The van der Waals surface area contributed by atoms with Crippen molar-refractivity contribution in [3.05, 3.63) is 65.2 Å². The molecule has 0 amide bonds. The van der Waals surface area contributed by atoms with Crippen LogP contribution in [0.1, 0.15) is 16.7 Å². The number of aromatic nitrogens is 4. The highest BCUT2D eigenvalue weighted by Crippen LogP contribution is 2.17. The highest BCUT2D eigenvalue weighted by atomic mass is 15.5. The lowest BCUT2D eigenvalue weighted by atomic mass is 10.1. The van der Waals surface area contributed by atoms with Gasteiger partial charge in [0.25, 0.3) is 0 Å². The van der Waals surface area contributed by atoms with Crippen molar-refractivity contribution in [1.82, 2.24) is 20.2 Å². The van der Waals surface area contributed by atoms with Gasteiger partial charge in [-0.05, 0) is 35.0 Å². The lowest BCUT2D eigenvalue weighted by Crippen LogP contribution is -2.04. The molecule has 2 aromatic carbocycles. The number of hydrogen-bond donors (Lipinski definition) is 0. The van der Waals surface area contributed by atoms with Gasteiger partial charge >= 0.3 is 0 Å². The molecule has 1 aromatic heterocycles. The lowest BCUT2D eigenvalue weighted by Gasteiger charge is -2.05. The van der Waals surface area contributed by atoms with Gasteiger partial charge in [-0.1, -0.05) is 42.0 Å². The van der Waals surface area contributed by atoms with Crippen LogP contribution in [0.2, 0.25) is 0 Å². The van der Waals surface area contributed by atoms with Crippen LogP contribution in [-0.4, -0.2) is 20.2 Å². The number of nitriles is 1. The van der Waals surface area contributed by atoms with Crippen LogP contribution >= 0.6 is 0 Å². The van der Waals surface area contributed by atoms with Crippen molar-refractivity contribution in [1.29, 1.82) is 5.26 Å². The minimum absolute atomic E-state index is 0.571. The molecule has 5 heteroatoms. The van der Waals surface area contributed by atoms with Crippen molar-refractivity contribution >= 4 is 0 Å². The molecule has 0 saturated carbocycles. The van der Waals surface area contributed by atoms with Crippen LogP contribution in [0.3, 0.4) is 0 Å². The SMILES string of the molecule is Cc1ccc(-c2nnnn2Cc2ccc(C#N)cc2)cc1. The Balaban J connectivity index is 1.88. The Morgan fingerprint density at radius 2 is 1.76 bits per heavy atom. The molecule has 0 aliphatic heterocycles. The number of tetrazole rings is 1. The van der Waals surface area contributed by atoms with Gasteiger partial charge < -0.3 is 0 Å². The molecular weight excluding hydrogens is 262 g/mol. The maximum Gasteiger partial charge on any atom is 0.182 e. The monoisotopic (exact) mass is 275 g/mol. The third kappa shape index (κ3) is 2.79. The summed E-state index contributed by atoms with van der Waals surface area (Å²) < 4.78 is 1.76. The van der Waals surface area contributed by atoms with Gasteiger partial charge in [0.1, 0.15) is 0 Å². The molecule has 3 rings (SSSR count). The fourth-order valence-electron chi connectivity index (χ4n) is 2.08. The second-order valence-corrected chi connectivity index (χ2v) is 4.83. The molecule has 0 N–H and O–H groups in total. The van der Waals surface area contributed by atoms with E-state index in [9.17, 15) is 0 Å². The molecule has 102 valence electrons. The minimum Gasteiger partial charge on any atom is -0.221 e. The molecule has 0 unspecified atom stereocenters. The molecule has 0 bridgehead atoms. The topological polar surface area (TPSA) is 67.4 Å². The maximum atomic E-state index is 8.81. The number of aryl methyl sites for hydroxylation is 1. The maximum absolute atomic E-state index is 8.81. The van der Waals surface area contributed by atoms with E-state index in [0.29, 0.717) is 12.1 Å². The van der Waals surface area contributed by atoms with E-state index in [1.807, 2.05) is 43.3 Å². The first-order valence-corrected chi connectivity index (χ1v) is 6.58. The fraction of sp³-hybridized carbons (Fsp3) is 0.125. The molecule has 0 aliphatic carbocycles. The average molecular weight is 275 g/mol. The Labute approximate surface area is 122 Å². The van der Waals surface area contributed by atoms with E-state index in [1.54, 1.807) is 16.8 Å². The van der Waals surface area contributed by atoms with Gasteiger partial charge in [0, 0.05) is 5.56 Å². The van der Waals surface area contributed by atoms with Crippen molar-refractivity contribution < 1.29 is 0 Å². The second kappa shape index (κ2) is 5.55. The zero-order chi connectivity index (χ0) is 14.7. The summed E-state index contributed by atoms with van der Waals surface area (Å²) in [5.74, 6) is 0.736. The van der Waals surface area contributed by atoms with E-state index in [1.165, 1.54) is 5.56 Å². The number of hydrogen-bond acceptors (Lipinski definition) is 4. The largest absolute Gasteiger partial charge is 0.221 e. The van der Waals surface area contributed by atoms with E-state index in [-0.39, 0.29) is 0 Å². The van der Waals surface area contributed by atoms with Gasteiger partial charge in [-0.2, -0.15) is 5.26 Å². The molecule has 3 aromatic rings. The van der Waals surface area contributed by atoms with Crippen LogP contribution in [0.15, 0.2) is 48.5 Å². The third-order valence-corrected chi connectivity index (χ3v) is 3.26. The Morgan fingerprint density at radius 1 is 1.05 bits per heavy atom. The Hall–Kier alpha value is -3.00. The second-order valence-electron chi connectivity index (χ2n) is 4.83. The van der Waals surface area contributed by atoms with Crippen molar-refractivity contribution in [3.63, 3.8) is 0 Å². The Kier molecular flexibility index (Phi) is 3.44. The van der Waals surface area contributed by atoms with Crippen LogP contribution in [0, 0.1) is 18.3 Å². The van der Waals surface area contributed by atoms with Gasteiger partial charge in [0.15, 0.2) is 5.82 Å². The highest BCUT2D eigenvalue weighted by Gasteiger charge is 2.09. The predicted molar refractivity (Wildman–Crippen MR) is 78.2 cm³/mol. The summed E-state index contributed by atoms with van der Waals surface area (Å²) in [6.45, 7) is 2.62. The van der Waals surface area contributed by atoms with Gasteiger partial charge in [-0.3, -0.25) is 0 Å². The summed E-state index contributed by atoms with van der Waals surface area (Å²) >= 11 is 0. The first kappa shape index (κ1) is 13.0. The summed E-state index contributed by atoms with van der Waals surface area (Å²) in [5, 5.41) is 20.7. The van der Waals surface area contributed by atoms with E-state index in [4.69, 9.17) is 5.26 Å². The summed E-state index contributed by atoms with van der Waals surface area (Å²) in [7, 11) is 0. The van der Waals surface area contributed by atoms with Gasteiger partial charge in [0.05, 0.1) is 18.2 Å². The smallest absolute Gasteiger partial charge is 0.182 e. The van der Waals surface area contributed by atoms with Gasteiger partial charge in [-0.25, -0.2) is 4.68 Å². The minimum atomic E-state index is 0.571. The summed E-state index contributed by atoms with van der Waals surface area (Å²) in [5.41, 5.74) is 3.88. The lowest BCUT2D eigenvalue weighted by molar-refractivity contribution is 0.653. The fourth-order valence-corrected chi connectivity index (χ4v) is 2.08. The highest BCUT2D eigenvalue weighted by molar-refractivity contribution is 5.55. The molecule has 0 saturated heterocycles. The van der Waals surface area contributed by atoms with Crippen molar-refractivity contribution in [2.24, 2.45) is 0 Å². The quantitative estimate of drug-likeness (QED) is 0.736. The molecule has 1 heterocycles. The summed E-state index contributed by atoms with van der Waals surface area (Å²) in [4.78, 5) is 0. The first-order valence-electron chi connectivity index (χ1n) is 6.58. The Morgan fingerprint density at radius 3 is 2.43 bits per heavy atom. The van der Waals surface area contributed by atoms with Crippen molar-refractivity contribution in [2.45, 2.75) is 13.5 Å². The van der Waals surface area contributed by atoms with Crippen LogP contribution in [0.4, 0.5) is 0 Å². The number of nitrogens with zero attached hydrogens (tertiary/aromatic N) is 5. The molecule has 0 aliphatic rings. The van der Waals surface area contributed by atoms with Crippen molar-refractivity contribution in [2.75, 3.05) is 0 Å². The van der Waals surface area contributed by atoms with Gasteiger partial charge in [-0.15, -0.1) is 5.10 Å². The van der Waals surface area contributed by atoms with Crippen LogP contribution in [-0.2, 0) is 6.54 Å². The summed E-state index contributed by atoms with van der Waals surface area (Å²) in [6, 6.07) is 17.6. The third-order valence-electron chi connectivity index (χ3n) is 3.26. The molecule has 5 nitrogen and oxygen atoms in total. The molecular formula is C16H13N5. The standard InChI is InChI=1S/C16H13N5/c1-12-2-8-15(9-3-12)16-18-19-20-21(16)11-14-6-4-13(10-17)5-7-14/h2-9H,11H2,1H3. The predicted octanol–water partition coefficient (Wildman–Crippen LogP) is 2.57. The van der Waals surface area contributed by atoms with Gasteiger partial charge in [0.2, 0.25) is 0 Å². The van der Waals surface area contributed by atoms with E-state index >= 15 is 0 Å². The van der Waals surface area contributed by atoms with Crippen molar-refractivity contribution in [3.8, 4) is 17.5 Å². The molecule has 21 heavy (non-hydrogen) atoms. The van der Waals surface area contributed by atoms with Crippen LogP contribution < -0.4 is 0 Å². The molecule has 0 atom stereocenters. The average Bonchev–Trinajstić information content (AvgIpc) is 2.97. The van der Waals surface area contributed by atoms with Crippen LogP contribution in [0.25, 0.3) is 11.4 Å². The number of benzene rings is 2. The zero-order valence-corrected chi connectivity index (χ0v) is 11.6. The molecule has 0 fully saturated rings. The first-order chi connectivity index (χ1) is 10.3. The number of rotatable bonds is 3. The normalized spacial score (nSPS) is 10.3. The molecule has 0 radical (unpaired) electrons. The zero-order valence-electron chi connectivity index (χ0n) is 11.6.